The van der Waals surface area contributed by atoms with Crippen molar-refractivity contribution in [2.75, 3.05) is 13.6 Å². The van der Waals surface area contributed by atoms with Gasteiger partial charge in [0.15, 0.2) is 0 Å². The van der Waals surface area contributed by atoms with Crippen LogP contribution < -0.4 is 0 Å². The fourth-order valence-electron chi connectivity index (χ4n) is 4.05. The predicted octanol–water partition coefficient (Wildman–Crippen LogP) is 6.53. The maximum atomic E-state index is 13.3. The number of halogens is 1. The van der Waals surface area contributed by atoms with Gasteiger partial charge in [-0.3, -0.25) is 0 Å². The van der Waals surface area contributed by atoms with Crippen LogP contribution in [0.1, 0.15) is 29.5 Å². The van der Waals surface area contributed by atoms with E-state index in [1.54, 1.807) is 0 Å². The summed E-state index contributed by atoms with van der Waals surface area (Å²) in [7, 11) is 2.19. The second-order valence-corrected chi connectivity index (χ2v) is 8.20. The summed E-state index contributed by atoms with van der Waals surface area (Å²) in [6.07, 6.45) is 5.58. The van der Waals surface area contributed by atoms with Crippen molar-refractivity contribution in [1.82, 2.24) is 9.47 Å². The van der Waals surface area contributed by atoms with Crippen LogP contribution in [0.3, 0.4) is 0 Å². The smallest absolute Gasteiger partial charge is 0.123 e. The lowest BCUT2D eigenvalue weighted by Gasteiger charge is -2.16. The largest absolute Gasteiger partial charge is 0.316 e. The lowest BCUT2D eigenvalue weighted by molar-refractivity contribution is 0.319. The number of aromatic nitrogens is 1. The first-order chi connectivity index (χ1) is 14.6. The number of aryl methyl sites for hydroxylation is 2. The molecule has 0 aliphatic heterocycles. The number of unbranched alkanes of at least 4 members (excludes halogenated alkanes) is 1. The molecule has 0 saturated carbocycles. The van der Waals surface area contributed by atoms with E-state index in [2.05, 4.69) is 78.2 Å². The molecule has 0 N–H and O–H groups in total. The average molecular weight is 401 g/mol. The van der Waals surface area contributed by atoms with E-state index in [4.69, 9.17) is 0 Å². The van der Waals surface area contributed by atoms with Gasteiger partial charge in [-0.2, -0.15) is 0 Å². The number of fused-ring (bicyclic) bond motifs is 1. The van der Waals surface area contributed by atoms with Gasteiger partial charge in [0.1, 0.15) is 5.82 Å². The first kappa shape index (κ1) is 20.4. The molecule has 0 aliphatic carbocycles. The van der Waals surface area contributed by atoms with Crippen molar-refractivity contribution in [1.29, 1.82) is 0 Å². The summed E-state index contributed by atoms with van der Waals surface area (Å²) in [5.41, 5.74) is 6.20. The number of nitrogens with zero attached hydrogens (tertiary/aromatic N) is 2. The Hall–Kier alpha value is -2.91. The van der Waals surface area contributed by atoms with Crippen molar-refractivity contribution in [2.45, 2.75) is 32.7 Å². The van der Waals surface area contributed by atoms with Crippen LogP contribution >= 0.6 is 0 Å². The summed E-state index contributed by atoms with van der Waals surface area (Å²) >= 11 is 0. The minimum Gasteiger partial charge on any atom is -0.316 e. The highest BCUT2D eigenvalue weighted by Gasteiger charge is 2.10. The van der Waals surface area contributed by atoms with Crippen LogP contribution in [0.4, 0.5) is 4.39 Å². The summed E-state index contributed by atoms with van der Waals surface area (Å²) in [5, 5.41) is 1.29. The van der Waals surface area contributed by atoms with Crippen LogP contribution in [0.5, 0.6) is 0 Å². The fraction of sp³-hybridized carbons (Fsp3) is 0.259. The van der Waals surface area contributed by atoms with Gasteiger partial charge in [0.05, 0.1) is 5.52 Å². The molecular formula is C27H29FN2. The molecule has 3 heteroatoms. The third-order valence-corrected chi connectivity index (χ3v) is 5.71. The lowest BCUT2D eigenvalue weighted by atomic mass is 10.1. The molecule has 0 bridgehead atoms. The van der Waals surface area contributed by atoms with Crippen molar-refractivity contribution in [3.05, 3.63) is 102 Å². The molecule has 30 heavy (non-hydrogen) atoms. The summed E-state index contributed by atoms with van der Waals surface area (Å²) in [4.78, 5) is 2.40. The summed E-state index contributed by atoms with van der Waals surface area (Å²) in [6.45, 7) is 4.20. The SMILES string of the molecule is Cc1ccc(CN(C)CCCCc2cn(-c3ccc(F)cc3)c3ccccc23)cc1. The Labute approximate surface area is 178 Å². The Morgan fingerprint density at radius 2 is 1.60 bits per heavy atom. The van der Waals surface area contributed by atoms with Crippen molar-refractivity contribution in [2.24, 2.45) is 0 Å². The molecule has 0 spiro atoms. The molecule has 1 heterocycles. The van der Waals surface area contributed by atoms with Crippen LogP contribution in [0.2, 0.25) is 0 Å². The van der Waals surface area contributed by atoms with Gasteiger partial charge in [0, 0.05) is 23.8 Å². The number of rotatable bonds is 8. The zero-order chi connectivity index (χ0) is 20.9. The van der Waals surface area contributed by atoms with Crippen LogP contribution in [-0.2, 0) is 13.0 Å². The summed E-state index contributed by atoms with van der Waals surface area (Å²) < 4.78 is 15.5. The molecule has 0 radical (unpaired) electrons. The monoisotopic (exact) mass is 400 g/mol. The zero-order valence-electron chi connectivity index (χ0n) is 17.8. The Morgan fingerprint density at radius 3 is 2.37 bits per heavy atom. The van der Waals surface area contributed by atoms with Crippen LogP contribution in [0.15, 0.2) is 79.0 Å². The third kappa shape index (κ3) is 4.80. The van der Waals surface area contributed by atoms with Crippen molar-refractivity contribution in [3.8, 4) is 5.69 Å². The molecule has 154 valence electrons. The second-order valence-electron chi connectivity index (χ2n) is 8.20. The first-order valence-electron chi connectivity index (χ1n) is 10.7. The highest BCUT2D eigenvalue weighted by molar-refractivity contribution is 5.85. The minimum absolute atomic E-state index is 0.204. The van der Waals surface area contributed by atoms with Gasteiger partial charge in [-0.15, -0.1) is 0 Å². The zero-order valence-corrected chi connectivity index (χ0v) is 17.8. The average Bonchev–Trinajstić information content (AvgIpc) is 3.12. The number of hydrogen-bond donors (Lipinski definition) is 0. The number of para-hydroxylation sites is 1. The van der Waals surface area contributed by atoms with Gasteiger partial charge < -0.3 is 9.47 Å². The van der Waals surface area contributed by atoms with E-state index in [0.717, 1.165) is 31.6 Å². The van der Waals surface area contributed by atoms with Crippen LogP contribution in [0.25, 0.3) is 16.6 Å². The molecule has 4 aromatic rings. The Kier molecular flexibility index (Phi) is 6.29. The van der Waals surface area contributed by atoms with E-state index in [0.29, 0.717) is 0 Å². The first-order valence-corrected chi connectivity index (χ1v) is 10.7. The molecule has 1 aromatic heterocycles. The van der Waals surface area contributed by atoms with E-state index < -0.39 is 0 Å². The summed E-state index contributed by atoms with van der Waals surface area (Å²) in [6, 6.07) is 24.0. The number of hydrogen-bond acceptors (Lipinski definition) is 1. The van der Waals surface area contributed by atoms with E-state index in [-0.39, 0.29) is 5.82 Å². The normalized spacial score (nSPS) is 11.5. The molecule has 0 aliphatic rings. The number of benzene rings is 3. The van der Waals surface area contributed by atoms with E-state index in [1.807, 2.05) is 12.1 Å². The van der Waals surface area contributed by atoms with E-state index in [1.165, 1.54) is 46.1 Å². The Morgan fingerprint density at radius 1 is 0.867 bits per heavy atom. The van der Waals surface area contributed by atoms with Crippen LogP contribution in [-0.4, -0.2) is 23.1 Å². The molecule has 0 amide bonds. The van der Waals surface area contributed by atoms with Crippen molar-refractivity contribution >= 4 is 10.9 Å². The van der Waals surface area contributed by atoms with Gasteiger partial charge in [-0.25, -0.2) is 4.39 Å². The van der Waals surface area contributed by atoms with Crippen molar-refractivity contribution in [3.63, 3.8) is 0 Å². The predicted molar refractivity (Wildman–Crippen MR) is 124 cm³/mol. The minimum atomic E-state index is -0.204. The fourth-order valence-corrected chi connectivity index (χ4v) is 4.05. The van der Waals surface area contributed by atoms with Crippen LogP contribution in [0, 0.1) is 12.7 Å². The Bertz CT molecular complexity index is 1090. The molecule has 0 unspecified atom stereocenters. The summed E-state index contributed by atoms with van der Waals surface area (Å²) in [5.74, 6) is -0.204. The van der Waals surface area contributed by atoms with Gasteiger partial charge in [0.25, 0.3) is 0 Å². The maximum absolute atomic E-state index is 13.3. The van der Waals surface area contributed by atoms with Gasteiger partial charge in [-0.1, -0.05) is 48.0 Å². The molecule has 2 nitrogen and oxygen atoms in total. The molecule has 0 saturated heterocycles. The highest BCUT2D eigenvalue weighted by Crippen LogP contribution is 2.26. The van der Waals surface area contributed by atoms with Gasteiger partial charge >= 0.3 is 0 Å². The third-order valence-electron chi connectivity index (χ3n) is 5.71. The lowest BCUT2D eigenvalue weighted by Crippen LogP contribution is -2.19. The molecule has 3 aromatic carbocycles. The van der Waals surface area contributed by atoms with Gasteiger partial charge in [0.2, 0.25) is 0 Å². The molecule has 0 atom stereocenters. The van der Waals surface area contributed by atoms with E-state index >= 15 is 0 Å². The molecule has 0 fully saturated rings. The molecular weight excluding hydrogens is 371 g/mol. The second kappa shape index (κ2) is 9.27. The topological polar surface area (TPSA) is 8.17 Å². The van der Waals surface area contributed by atoms with Crippen molar-refractivity contribution < 1.29 is 4.39 Å². The quantitative estimate of drug-likeness (QED) is 0.305. The van der Waals surface area contributed by atoms with Gasteiger partial charge in [-0.05, 0) is 81.2 Å². The highest BCUT2D eigenvalue weighted by atomic mass is 19.1. The Balaban J connectivity index is 1.38. The molecule has 4 rings (SSSR count). The van der Waals surface area contributed by atoms with E-state index in [9.17, 15) is 4.39 Å². The maximum Gasteiger partial charge on any atom is 0.123 e. The standard InChI is InChI=1S/C27H29FN2/c1-21-10-12-22(13-11-21)19-29(2)18-6-5-7-23-20-30(25-16-14-24(28)15-17-25)27-9-4-3-8-26(23)27/h3-4,8-17,20H,5-7,18-19H2,1-2H3.